The van der Waals surface area contributed by atoms with Crippen molar-refractivity contribution in [3.63, 3.8) is 0 Å². The van der Waals surface area contributed by atoms with Crippen LogP contribution in [0.5, 0.6) is 0 Å². The maximum Gasteiger partial charge on any atom is 0.413 e. The summed E-state index contributed by atoms with van der Waals surface area (Å²) < 4.78 is 35.2. The molecular formula is C5H9F3N2. The van der Waals surface area contributed by atoms with Crippen LogP contribution in [0.4, 0.5) is 13.2 Å². The molecule has 0 saturated heterocycles. The van der Waals surface area contributed by atoms with Crippen LogP contribution in [-0.2, 0) is 0 Å². The van der Waals surface area contributed by atoms with Crippen LogP contribution in [0, 0.1) is 0 Å². The van der Waals surface area contributed by atoms with Gasteiger partial charge in [0.1, 0.15) is 0 Å². The van der Waals surface area contributed by atoms with Crippen molar-refractivity contribution in [3.05, 3.63) is 11.6 Å². The topological polar surface area (TPSA) is 38.0 Å². The summed E-state index contributed by atoms with van der Waals surface area (Å²) in [6.07, 6.45) is -3.28. The van der Waals surface area contributed by atoms with E-state index in [1.165, 1.54) is 6.92 Å². The zero-order valence-electron chi connectivity index (χ0n) is 5.50. The highest BCUT2D eigenvalue weighted by atomic mass is 19.4. The SMILES string of the molecule is C/C=C(/CNN)C(F)(F)F. The number of hydrogen-bond acceptors (Lipinski definition) is 2. The number of halogens is 3. The van der Waals surface area contributed by atoms with Gasteiger partial charge in [0, 0.05) is 12.1 Å². The second-order valence-corrected chi connectivity index (χ2v) is 1.69. The van der Waals surface area contributed by atoms with E-state index in [9.17, 15) is 13.2 Å². The van der Waals surface area contributed by atoms with Gasteiger partial charge in [-0.2, -0.15) is 13.2 Å². The van der Waals surface area contributed by atoms with Crippen molar-refractivity contribution in [2.24, 2.45) is 5.84 Å². The third-order valence-corrected chi connectivity index (χ3v) is 1.01. The molecule has 0 amide bonds. The molecule has 0 radical (unpaired) electrons. The van der Waals surface area contributed by atoms with E-state index in [-0.39, 0.29) is 6.54 Å². The fourth-order valence-electron chi connectivity index (χ4n) is 0.476. The van der Waals surface area contributed by atoms with Crippen molar-refractivity contribution in [1.82, 2.24) is 5.43 Å². The second kappa shape index (κ2) is 3.58. The molecule has 0 spiro atoms. The maximum absolute atomic E-state index is 11.7. The van der Waals surface area contributed by atoms with Crippen LogP contribution in [0.3, 0.4) is 0 Å². The normalized spacial score (nSPS) is 13.9. The van der Waals surface area contributed by atoms with Crippen LogP contribution in [0.2, 0.25) is 0 Å². The van der Waals surface area contributed by atoms with E-state index in [4.69, 9.17) is 5.84 Å². The Bertz CT molecular complexity index is 127. The Morgan fingerprint density at radius 1 is 1.60 bits per heavy atom. The Hall–Kier alpha value is -0.550. The van der Waals surface area contributed by atoms with Gasteiger partial charge in [0.2, 0.25) is 0 Å². The van der Waals surface area contributed by atoms with Gasteiger partial charge in [0.25, 0.3) is 0 Å². The average molecular weight is 154 g/mol. The lowest BCUT2D eigenvalue weighted by Crippen LogP contribution is -2.29. The minimum Gasteiger partial charge on any atom is -0.271 e. The Labute approximate surface area is 56.9 Å². The highest BCUT2D eigenvalue weighted by Crippen LogP contribution is 2.24. The van der Waals surface area contributed by atoms with Gasteiger partial charge in [0.15, 0.2) is 0 Å². The lowest BCUT2D eigenvalue weighted by Gasteiger charge is -2.09. The van der Waals surface area contributed by atoms with Crippen LogP contribution in [-0.4, -0.2) is 12.7 Å². The van der Waals surface area contributed by atoms with Crippen LogP contribution in [0.15, 0.2) is 11.6 Å². The summed E-state index contributed by atoms with van der Waals surface area (Å²) in [5, 5.41) is 0. The molecule has 3 N–H and O–H groups in total. The molecule has 0 atom stereocenters. The van der Waals surface area contributed by atoms with E-state index >= 15 is 0 Å². The fourth-order valence-corrected chi connectivity index (χ4v) is 0.476. The molecule has 0 aliphatic heterocycles. The molecule has 10 heavy (non-hydrogen) atoms. The largest absolute Gasteiger partial charge is 0.413 e. The molecule has 0 fully saturated rings. The molecule has 0 aromatic rings. The van der Waals surface area contributed by atoms with Gasteiger partial charge in [-0.25, -0.2) is 0 Å². The second-order valence-electron chi connectivity index (χ2n) is 1.69. The number of nitrogens with two attached hydrogens (primary N) is 1. The summed E-state index contributed by atoms with van der Waals surface area (Å²) in [6.45, 7) is 0.972. The van der Waals surface area contributed by atoms with Crippen molar-refractivity contribution in [2.75, 3.05) is 6.54 Å². The first-order valence-corrected chi connectivity index (χ1v) is 2.68. The summed E-state index contributed by atoms with van der Waals surface area (Å²) in [4.78, 5) is 0. The van der Waals surface area contributed by atoms with Crippen molar-refractivity contribution in [3.8, 4) is 0 Å². The number of alkyl halides is 3. The van der Waals surface area contributed by atoms with Gasteiger partial charge in [0.05, 0.1) is 0 Å². The van der Waals surface area contributed by atoms with E-state index < -0.39 is 11.7 Å². The molecule has 0 aromatic carbocycles. The highest BCUT2D eigenvalue weighted by Gasteiger charge is 2.31. The van der Waals surface area contributed by atoms with Crippen LogP contribution >= 0.6 is 0 Å². The first-order chi connectivity index (χ1) is 4.52. The molecule has 0 heterocycles. The Kier molecular flexibility index (Phi) is 3.38. The number of rotatable bonds is 2. The monoisotopic (exact) mass is 154 g/mol. The summed E-state index contributed by atoms with van der Waals surface area (Å²) >= 11 is 0. The van der Waals surface area contributed by atoms with Crippen LogP contribution in [0.1, 0.15) is 6.92 Å². The summed E-state index contributed by atoms with van der Waals surface area (Å²) in [5.74, 6) is 4.71. The molecule has 0 aliphatic carbocycles. The number of hydrazine groups is 1. The van der Waals surface area contributed by atoms with Crippen molar-refractivity contribution < 1.29 is 13.2 Å². The Morgan fingerprint density at radius 3 is 2.20 bits per heavy atom. The maximum atomic E-state index is 11.7. The van der Waals surface area contributed by atoms with Crippen LogP contribution < -0.4 is 11.3 Å². The van der Waals surface area contributed by atoms with Crippen molar-refractivity contribution in [1.29, 1.82) is 0 Å². The van der Waals surface area contributed by atoms with E-state index in [0.29, 0.717) is 0 Å². The molecule has 5 heteroatoms. The molecule has 60 valence electrons. The number of hydrogen-bond donors (Lipinski definition) is 2. The van der Waals surface area contributed by atoms with Gasteiger partial charge in [-0.1, -0.05) is 6.08 Å². The third-order valence-electron chi connectivity index (χ3n) is 1.01. The molecule has 0 saturated carbocycles. The predicted octanol–water partition coefficient (Wildman–Crippen LogP) is 0.958. The predicted molar refractivity (Wildman–Crippen MR) is 32.0 cm³/mol. The van der Waals surface area contributed by atoms with Gasteiger partial charge in [-0.05, 0) is 6.92 Å². The van der Waals surface area contributed by atoms with Gasteiger partial charge in [-0.3, -0.25) is 11.3 Å². The molecule has 0 aromatic heterocycles. The lowest BCUT2D eigenvalue weighted by molar-refractivity contribution is -0.0930. The molecule has 0 rings (SSSR count). The third kappa shape index (κ3) is 2.84. The zero-order chi connectivity index (χ0) is 8.20. The minimum absolute atomic E-state index is 0.347. The van der Waals surface area contributed by atoms with Gasteiger partial charge < -0.3 is 0 Å². The molecule has 0 unspecified atom stereocenters. The van der Waals surface area contributed by atoms with Crippen molar-refractivity contribution in [2.45, 2.75) is 13.1 Å². The quantitative estimate of drug-likeness (QED) is 0.353. The highest BCUT2D eigenvalue weighted by molar-refractivity contribution is 5.08. The van der Waals surface area contributed by atoms with E-state index in [1.54, 1.807) is 0 Å². The Morgan fingerprint density at radius 2 is 2.10 bits per heavy atom. The molecule has 2 nitrogen and oxygen atoms in total. The zero-order valence-corrected chi connectivity index (χ0v) is 5.50. The fraction of sp³-hybridized carbons (Fsp3) is 0.600. The first-order valence-electron chi connectivity index (χ1n) is 2.68. The Balaban J connectivity index is 4.10. The van der Waals surface area contributed by atoms with Gasteiger partial charge >= 0.3 is 6.18 Å². The summed E-state index contributed by atoms with van der Waals surface area (Å²) in [6, 6.07) is 0. The molecular weight excluding hydrogens is 145 g/mol. The average Bonchev–Trinajstić information content (AvgIpc) is 1.80. The lowest BCUT2D eigenvalue weighted by atomic mass is 10.2. The number of allylic oxidation sites excluding steroid dienone is 1. The number of nitrogens with one attached hydrogen (secondary N) is 1. The van der Waals surface area contributed by atoms with E-state index in [1.807, 2.05) is 5.43 Å². The standard InChI is InChI=1S/C5H9F3N2/c1-2-4(3-10-9)5(6,7)8/h2,10H,3,9H2,1H3/b4-2-. The first kappa shape index (κ1) is 9.45. The molecule has 0 bridgehead atoms. The summed E-state index contributed by atoms with van der Waals surface area (Å²) in [5.41, 5.74) is 1.28. The molecule has 0 aliphatic rings. The van der Waals surface area contributed by atoms with Crippen molar-refractivity contribution >= 4 is 0 Å². The van der Waals surface area contributed by atoms with Gasteiger partial charge in [-0.15, -0.1) is 0 Å². The minimum atomic E-state index is -4.26. The smallest absolute Gasteiger partial charge is 0.271 e. The van der Waals surface area contributed by atoms with E-state index in [0.717, 1.165) is 6.08 Å². The van der Waals surface area contributed by atoms with E-state index in [2.05, 4.69) is 0 Å². The summed E-state index contributed by atoms with van der Waals surface area (Å²) in [7, 11) is 0. The van der Waals surface area contributed by atoms with Crippen LogP contribution in [0.25, 0.3) is 0 Å².